The van der Waals surface area contributed by atoms with Crippen LogP contribution in [0, 0.1) is 0 Å². The van der Waals surface area contributed by atoms with Crippen LogP contribution < -0.4 is 9.13 Å². The second-order valence-corrected chi connectivity index (χ2v) is 5.07. The van der Waals surface area contributed by atoms with Crippen molar-refractivity contribution in [2.24, 2.45) is 0 Å². The molecular formula is C18H24N2+2. The largest absolute Gasteiger partial charge is 0.205 e. The van der Waals surface area contributed by atoms with Crippen LogP contribution >= 0.6 is 0 Å². The van der Waals surface area contributed by atoms with Crippen LogP contribution in [0.15, 0.2) is 49.1 Å². The number of aromatic nitrogens is 2. The summed E-state index contributed by atoms with van der Waals surface area (Å²) in [6.07, 6.45) is 15.2. The van der Waals surface area contributed by atoms with Gasteiger partial charge in [-0.05, 0) is 11.1 Å². The molecule has 2 rings (SSSR count). The predicted octanol–water partition coefficient (Wildman–Crippen LogP) is 3.25. The second kappa shape index (κ2) is 7.59. The maximum absolute atomic E-state index is 2.22. The molecule has 20 heavy (non-hydrogen) atoms. The molecule has 2 aromatic rings. The molecule has 2 nitrogen and oxygen atoms in total. The smallest absolute Gasteiger partial charge is 0.169 e. The minimum Gasteiger partial charge on any atom is -0.205 e. The Balaban J connectivity index is 2.01. The van der Waals surface area contributed by atoms with E-state index >= 15 is 0 Å². The summed E-state index contributed by atoms with van der Waals surface area (Å²) in [5.74, 6) is 0. The lowest BCUT2D eigenvalue weighted by Gasteiger charge is -1.96. The first-order valence-electron chi connectivity index (χ1n) is 7.48. The SMILES string of the molecule is CCC[n+]1ccc(C=Cc2cc[n+](CCC)cc2)cc1. The zero-order chi connectivity index (χ0) is 14.2. The minimum absolute atomic E-state index is 1.08. The average Bonchev–Trinajstić information content (AvgIpc) is 2.49. The van der Waals surface area contributed by atoms with Gasteiger partial charge in [0.1, 0.15) is 13.1 Å². The standard InChI is InChI=1S/C18H24N2/c1-3-11-19-13-7-17(8-14-19)5-6-18-9-15-20(12-4-2)16-10-18/h5-10,13-16H,3-4,11-12H2,1-2H3/q+2. The van der Waals surface area contributed by atoms with Crippen LogP contribution in [-0.2, 0) is 13.1 Å². The van der Waals surface area contributed by atoms with Gasteiger partial charge in [-0.1, -0.05) is 26.0 Å². The van der Waals surface area contributed by atoms with Gasteiger partial charge in [0.2, 0.25) is 0 Å². The molecule has 2 heterocycles. The van der Waals surface area contributed by atoms with Crippen molar-refractivity contribution < 1.29 is 9.13 Å². The second-order valence-electron chi connectivity index (χ2n) is 5.07. The summed E-state index contributed by atoms with van der Waals surface area (Å²) in [5.41, 5.74) is 2.48. The highest BCUT2D eigenvalue weighted by Crippen LogP contribution is 2.05. The number of pyridine rings is 2. The molecule has 0 unspecified atom stereocenters. The van der Waals surface area contributed by atoms with Crippen molar-refractivity contribution in [3.63, 3.8) is 0 Å². The van der Waals surface area contributed by atoms with E-state index in [9.17, 15) is 0 Å². The minimum atomic E-state index is 1.08. The molecule has 0 saturated heterocycles. The molecule has 2 aromatic heterocycles. The third-order valence-electron chi connectivity index (χ3n) is 3.27. The van der Waals surface area contributed by atoms with Gasteiger partial charge in [0, 0.05) is 37.1 Å². The molecule has 0 fully saturated rings. The van der Waals surface area contributed by atoms with Crippen LogP contribution in [0.2, 0.25) is 0 Å². The van der Waals surface area contributed by atoms with Crippen molar-refractivity contribution in [3.8, 4) is 0 Å². The van der Waals surface area contributed by atoms with Crippen molar-refractivity contribution >= 4 is 12.2 Å². The fraction of sp³-hybridized carbons (Fsp3) is 0.333. The quantitative estimate of drug-likeness (QED) is 0.711. The number of aryl methyl sites for hydroxylation is 2. The maximum atomic E-state index is 2.22. The van der Waals surface area contributed by atoms with Crippen molar-refractivity contribution in [3.05, 3.63) is 60.2 Å². The highest BCUT2D eigenvalue weighted by molar-refractivity contribution is 5.68. The van der Waals surface area contributed by atoms with Gasteiger partial charge in [-0.25, -0.2) is 9.13 Å². The highest BCUT2D eigenvalue weighted by atomic mass is 14.9. The molecule has 0 aliphatic carbocycles. The lowest BCUT2D eigenvalue weighted by molar-refractivity contribution is -0.697. The average molecular weight is 268 g/mol. The lowest BCUT2D eigenvalue weighted by atomic mass is 10.2. The van der Waals surface area contributed by atoms with Gasteiger partial charge in [-0.3, -0.25) is 0 Å². The van der Waals surface area contributed by atoms with Crippen molar-refractivity contribution in [1.29, 1.82) is 0 Å². The molecule has 2 heteroatoms. The molecule has 104 valence electrons. The van der Waals surface area contributed by atoms with Crippen LogP contribution in [0.1, 0.15) is 37.8 Å². The van der Waals surface area contributed by atoms with E-state index in [0.717, 1.165) is 13.1 Å². The Morgan fingerprint density at radius 3 is 1.35 bits per heavy atom. The molecular weight excluding hydrogens is 244 g/mol. The number of hydrogen-bond acceptors (Lipinski definition) is 0. The van der Waals surface area contributed by atoms with E-state index in [2.05, 4.69) is 84.2 Å². The number of hydrogen-bond donors (Lipinski definition) is 0. The Labute approximate surface area is 122 Å². The van der Waals surface area contributed by atoms with Gasteiger partial charge in [0.15, 0.2) is 24.8 Å². The first-order chi connectivity index (χ1) is 9.81. The zero-order valence-corrected chi connectivity index (χ0v) is 12.5. The van der Waals surface area contributed by atoms with Crippen molar-refractivity contribution in [2.45, 2.75) is 39.8 Å². The van der Waals surface area contributed by atoms with Gasteiger partial charge in [0.05, 0.1) is 0 Å². The van der Waals surface area contributed by atoms with Crippen LogP contribution in [-0.4, -0.2) is 0 Å². The summed E-state index contributed by atoms with van der Waals surface area (Å²) in [4.78, 5) is 0. The van der Waals surface area contributed by atoms with Crippen molar-refractivity contribution in [1.82, 2.24) is 0 Å². The highest BCUT2D eigenvalue weighted by Gasteiger charge is 1.98. The summed E-state index contributed by atoms with van der Waals surface area (Å²) in [5, 5.41) is 0. The first-order valence-corrected chi connectivity index (χ1v) is 7.48. The molecule has 0 aromatic carbocycles. The molecule has 0 aliphatic rings. The Bertz CT molecular complexity index is 487. The van der Waals surface area contributed by atoms with E-state index in [4.69, 9.17) is 0 Å². The molecule has 0 N–H and O–H groups in total. The maximum Gasteiger partial charge on any atom is 0.169 e. The van der Waals surface area contributed by atoms with Crippen molar-refractivity contribution in [2.75, 3.05) is 0 Å². The number of rotatable bonds is 6. The van der Waals surface area contributed by atoms with Gasteiger partial charge < -0.3 is 0 Å². The van der Waals surface area contributed by atoms with Crippen LogP contribution in [0.5, 0.6) is 0 Å². The molecule has 0 amide bonds. The van der Waals surface area contributed by atoms with Crippen LogP contribution in [0.3, 0.4) is 0 Å². The Hall–Kier alpha value is -1.96. The fourth-order valence-corrected chi connectivity index (χ4v) is 2.17. The van der Waals surface area contributed by atoms with E-state index in [-0.39, 0.29) is 0 Å². The molecule has 0 atom stereocenters. The first kappa shape index (κ1) is 14.4. The van der Waals surface area contributed by atoms with Gasteiger partial charge >= 0.3 is 0 Å². The fourth-order valence-electron chi connectivity index (χ4n) is 2.17. The molecule has 0 saturated carbocycles. The predicted molar refractivity (Wildman–Crippen MR) is 82.8 cm³/mol. The van der Waals surface area contributed by atoms with Crippen LogP contribution in [0.25, 0.3) is 12.2 Å². The van der Waals surface area contributed by atoms with E-state index in [1.807, 2.05) is 0 Å². The summed E-state index contributed by atoms with van der Waals surface area (Å²) in [7, 11) is 0. The number of nitrogens with zero attached hydrogens (tertiary/aromatic N) is 2. The molecule has 0 aliphatic heterocycles. The van der Waals surface area contributed by atoms with E-state index in [0.29, 0.717) is 0 Å². The topological polar surface area (TPSA) is 7.76 Å². The monoisotopic (exact) mass is 268 g/mol. The Morgan fingerprint density at radius 2 is 1.05 bits per heavy atom. The molecule has 0 spiro atoms. The van der Waals surface area contributed by atoms with Gasteiger partial charge in [0.25, 0.3) is 0 Å². The third-order valence-corrected chi connectivity index (χ3v) is 3.27. The molecule has 0 bridgehead atoms. The Kier molecular flexibility index (Phi) is 5.48. The Morgan fingerprint density at radius 1 is 0.700 bits per heavy atom. The third kappa shape index (κ3) is 4.30. The van der Waals surface area contributed by atoms with E-state index in [1.54, 1.807) is 0 Å². The zero-order valence-electron chi connectivity index (χ0n) is 12.5. The van der Waals surface area contributed by atoms with Crippen LogP contribution in [0.4, 0.5) is 0 Å². The van der Waals surface area contributed by atoms with Gasteiger partial charge in [-0.15, -0.1) is 0 Å². The molecule has 0 radical (unpaired) electrons. The lowest BCUT2D eigenvalue weighted by Crippen LogP contribution is -2.32. The van der Waals surface area contributed by atoms with E-state index < -0.39 is 0 Å². The van der Waals surface area contributed by atoms with E-state index in [1.165, 1.54) is 24.0 Å². The summed E-state index contributed by atoms with van der Waals surface area (Å²) >= 11 is 0. The summed E-state index contributed by atoms with van der Waals surface area (Å²) in [6.45, 7) is 6.56. The summed E-state index contributed by atoms with van der Waals surface area (Å²) < 4.78 is 4.43. The van der Waals surface area contributed by atoms with Gasteiger partial charge in [-0.2, -0.15) is 0 Å². The summed E-state index contributed by atoms with van der Waals surface area (Å²) in [6, 6.07) is 8.64. The normalized spacial score (nSPS) is 11.1.